The molecule has 1 aromatic heterocycles. The highest BCUT2D eigenvalue weighted by Gasteiger charge is 2.23. The molecule has 1 amide bonds. The maximum absolute atomic E-state index is 14.4. The Bertz CT molecular complexity index is 851. The first-order valence-electron chi connectivity index (χ1n) is 8.30. The number of aromatic nitrogens is 3. The van der Waals surface area contributed by atoms with Crippen molar-refractivity contribution in [2.75, 3.05) is 38.8 Å². The van der Waals surface area contributed by atoms with E-state index in [1.807, 2.05) is 11.8 Å². The van der Waals surface area contributed by atoms with Gasteiger partial charge in [0, 0.05) is 26.2 Å². The van der Waals surface area contributed by atoms with Crippen LogP contribution in [0, 0.1) is 5.82 Å². The van der Waals surface area contributed by atoms with E-state index in [4.69, 9.17) is 21.1 Å². The molecule has 8 nitrogen and oxygen atoms in total. The Hall–Kier alpha value is -2.52. The Morgan fingerprint density at radius 2 is 2.15 bits per heavy atom. The first-order chi connectivity index (χ1) is 12.8. The van der Waals surface area contributed by atoms with E-state index in [2.05, 4.69) is 15.0 Å². The molecule has 2 aromatic rings. The molecule has 1 unspecified atom stereocenters. The zero-order valence-electron chi connectivity index (χ0n) is 15.1. The molecule has 0 N–H and O–H groups in total. The maximum atomic E-state index is 14.4. The fraction of sp³-hybridized carbons (Fsp3) is 0.412. The molecule has 10 heteroatoms. The first kappa shape index (κ1) is 19.2. The SMILES string of the molecule is CC1COCCN1c1nc(Cl)nc(Oc2ccc(C(=O)N(C)C)cc2F)n1. The van der Waals surface area contributed by atoms with Crippen LogP contribution in [0.5, 0.6) is 11.8 Å². The van der Waals surface area contributed by atoms with Gasteiger partial charge >= 0.3 is 6.01 Å². The summed E-state index contributed by atoms with van der Waals surface area (Å²) < 4.78 is 25.2. The summed E-state index contributed by atoms with van der Waals surface area (Å²) in [6.45, 7) is 3.64. The van der Waals surface area contributed by atoms with Crippen molar-refractivity contribution in [3.63, 3.8) is 0 Å². The van der Waals surface area contributed by atoms with Crippen LogP contribution in [0.1, 0.15) is 17.3 Å². The van der Waals surface area contributed by atoms with Gasteiger partial charge in [0.2, 0.25) is 11.2 Å². The molecule has 0 aliphatic carbocycles. The van der Waals surface area contributed by atoms with Gasteiger partial charge in [-0.2, -0.15) is 15.0 Å². The van der Waals surface area contributed by atoms with Gasteiger partial charge in [-0.15, -0.1) is 0 Å². The minimum Gasteiger partial charge on any atom is -0.421 e. The van der Waals surface area contributed by atoms with Crippen molar-refractivity contribution in [1.29, 1.82) is 0 Å². The first-order valence-corrected chi connectivity index (χ1v) is 8.68. The fourth-order valence-corrected chi connectivity index (χ4v) is 2.74. The van der Waals surface area contributed by atoms with Gasteiger partial charge in [0.1, 0.15) is 0 Å². The number of ether oxygens (including phenoxy) is 2. The summed E-state index contributed by atoms with van der Waals surface area (Å²) in [5.74, 6) is -0.804. The van der Waals surface area contributed by atoms with Crippen molar-refractivity contribution in [2.45, 2.75) is 13.0 Å². The molecule has 0 saturated carbocycles. The molecule has 1 aliphatic rings. The highest BCUT2D eigenvalue weighted by atomic mass is 35.5. The van der Waals surface area contributed by atoms with Crippen molar-refractivity contribution in [2.24, 2.45) is 0 Å². The van der Waals surface area contributed by atoms with Crippen molar-refractivity contribution in [1.82, 2.24) is 19.9 Å². The van der Waals surface area contributed by atoms with Crippen LogP contribution in [-0.4, -0.2) is 65.7 Å². The monoisotopic (exact) mass is 395 g/mol. The summed E-state index contributed by atoms with van der Waals surface area (Å²) in [6.07, 6.45) is 0. The highest BCUT2D eigenvalue weighted by Crippen LogP contribution is 2.26. The number of benzene rings is 1. The largest absolute Gasteiger partial charge is 0.421 e. The van der Waals surface area contributed by atoms with E-state index >= 15 is 0 Å². The lowest BCUT2D eigenvalue weighted by molar-refractivity contribution is 0.0827. The fourth-order valence-electron chi connectivity index (χ4n) is 2.59. The normalized spacial score (nSPS) is 16.9. The number of halogens is 2. The lowest BCUT2D eigenvalue weighted by Gasteiger charge is -2.33. The van der Waals surface area contributed by atoms with Crippen molar-refractivity contribution >= 4 is 23.5 Å². The summed E-state index contributed by atoms with van der Waals surface area (Å²) in [5.41, 5.74) is 0.210. The summed E-state index contributed by atoms with van der Waals surface area (Å²) in [7, 11) is 3.18. The van der Waals surface area contributed by atoms with Crippen LogP contribution in [0.15, 0.2) is 18.2 Å². The Morgan fingerprint density at radius 1 is 1.37 bits per heavy atom. The number of morpholine rings is 1. The summed E-state index contributed by atoms with van der Waals surface area (Å²) in [5, 5.41) is -0.0616. The summed E-state index contributed by atoms with van der Waals surface area (Å²) in [4.78, 5) is 27.4. The second kappa shape index (κ2) is 8.01. The molecule has 1 aliphatic heterocycles. The van der Waals surface area contributed by atoms with Crippen LogP contribution in [0.25, 0.3) is 0 Å². The minimum atomic E-state index is -0.708. The number of rotatable bonds is 4. The minimum absolute atomic E-state index is 0.0538. The molecule has 27 heavy (non-hydrogen) atoms. The van der Waals surface area contributed by atoms with Crippen molar-refractivity contribution < 1.29 is 18.7 Å². The second-order valence-corrected chi connectivity index (χ2v) is 6.59. The van der Waals surface area contributed by atoms with E-state index in [1.54, 1.807) is 14.1 Å². The van der Waals surface area contributed by atoms with Crippen LogP contribution < -0.4 is 9.64 Å². The van der Waals surface area contributed by atoms with Gasteiger partial charge in [0.15, 0.2) is 11.6 Å². The maximum Gasteiger partial charge on any atom is 0.328 e. The van der Waals surface area contributed by atoms with Crippen molar-refractivity contribution in [3.05, 3.63) is 34.9 Å². The second-order valence-electron chi connectivity index (χ2n) is 6.25. The van der Waals surface area contributed by atoms with Gasteiger partial charge in [-0.05, 0) is 36.7 Å². The van der Waals surface area contributed by atoms with Crippen LogP contribution in [0.3, 0.4) is 0 Å². The van der Waals surface area contributed by atoms with Gasteiger partial charge in [-0.1, -0.05) is 0 Å². The van der Waals surface area contributed by atoms with Crippen LogP contribution >= 0.6 is 11.6 Å². The Morgan fingerprint density at radius 3 is 2.81 bits per heavy atom. The number of hydrogen-bond acceptors (Lipinski definition) is 7. The van der Waals surface area contributed by atoms with Crippen molar-refractivity contribution in [3.8, 4) is 11.8 Å². The average Bonchev–Trinajstić information content (AvgIpc) is 2.62. The molecule has 1 saturated heterocycles. The molecule has 3 rings (SSSR count). The predicted molar refractivity (Wildman–Crippen MR) is 97.0 cm³/mol. The molecule has 144 valence electrons. The van der Waals surface area contributed by atoms with Gasteiger partial charge in [0.05, 0.1) is 19.3 Å². The summed E-state index contributed by atoms with van der Waals surface area (Å²) in [6, 6.07) is 3.84. The number of amides is 1. The van der Waals surface area contributed by atoms with E-state index in [1.165, 1.54) is 17.0 Å². The molecular weight excluding hydrogens is 377 g/mol. The van der Waals surface area contributed by atoms with E-state index < -0.39 is 5.82 Å². The molecule has 0 spiro atoms. The van der Waals surface area contributed by atoms with Crippen LogP contribution in [0.4, 0.5) is 10.3 Å². The van der Waals surface area contributed by atoms with E-state index in [-0.39, 0.29) is 34.6 Å². The predicted octanol–water partition coefficient (Wildman–Crippen LogP) is 2.38. The van der Waals surface area contributed by atoms with E-state index in [9.17, 15) is 9.18 Å². The Kier molecular flexibility index (Phi) is 5.71. The molecule has 1 fully saturated rings. The molecule has 0 radical (unpaired) electrons. The molecule has 0 bridgehead atoms. The average molecular weight is 396 g/mol. The number of nitrogens with zero attached hydrogens (tertiary/aromatic N) is 5. The van der Waals surface area contributed by atoms with Gasteiger partial charge in [0.25, 0.3) is 5.91 Å². The molecular formula is C17H19ClFN5O3. The number of hydrogen-bond donors (Lipinski definition) is 0. The standard InChI is InChI=1S/C17H19ClFN5O3/c1-10-9-26-7-6-24(10)16-20-15(18)21-17(22-16)27-13-5-4-11(8-12(13)19)14(25)23(2)3/h4-5,8,10H,6-7,9H2,1-3H3. The smallest absolute Gasteiger partial charge is 0.328 e. The number of anilines is 1. The summed E-state index contributed by atoms with van der Waals surface area (Å²) >= 11 is 5.98. The Labute approximate surface area is 160 Å². The topological polar surface area (TPSA) is 80.7 Å². The molecule has 1 aromatic carbocycles. The van der Waals surface area contributed by atoms with Crippen LogP contribution in [-0.2, 0) is 4.74 Å². The third kappa shape index (κ3) is 4.42. The third-order valence-corrected chi connectivity index (χ3v) is 4.16. The lowest BCUT2D eigenvalue weighted by atomic mass is 10.2. The van der Waals surface area contributed by atoms with Gasteiger partial charge < -0.3 is 19.3 Å². The van der Waals surface area contributed by atoms with Gasteiger partial charge in [-0.3, -0.25) is 4.79 Å². The zero-order chi connectivity index (χ0) is 19.6. The van der Waals surface area contributed by atoms with E-state index in [0.29, 0.717) is 25.7 Å². The lowest BCUT2D eigenvalue weighted by Crippen LogP contribution is -2.44. The van der Waals surface area contributed by atoms with Gasteiger partial charge in [-0.25, -0.2) is 4.39 Å². The Balaban J connectivity index is 1.84. The zero-order valence-corrected chi connectivity index (χ0v) is 15.9. The molecule has 2 heterocycles. The van der Waals surface area contributed by atoms with Crippen LogP contribution in [0.2, 0.25) is 5.28 Å². The third-order valence-electron chi connectivity index (χ3n) is 3.99. The highest BCUT2D eigenvalue weighted by molar-refractivity contribution is 6.28. The number of carbonyl (C=O) groups is 1. The molecule has 1 atom stereocenters. The quantitative estimate of drug-likeness (QED) is 0.786. The van der Waals surface area contributed by atoms with E-state index in [0.717, 1.165) is 6.07 Å². The number of carbonyl (C=O) groups excluding carboxylic acids is 1.